The minimum atomic E-state index is -3.61. The monoisotopic (exact) mass is 368 g/mol. The van der Waals surface area contributed by atoms with E-state index < -0.39 is 10.0 Å². The zero-order chi connectivity index (χ0) is 17.7. The Morgan fingerprint density at radius 2 is 1.88 bits per heavy atom. The van der Waals surface area contributed by atoms with Crippen LogP contribution in [0.1, 0.15) is 18.4 Å². The van der Waals surface area contributed by atoms with Crippen LogP contribution in [0.3, 0.4) is 0 Å². The van der Waals surface area contributed by atoms with Gasteiger partial charge in [0.05, 0.1) is 10.4 Å². The third-order valence-electron chi connectivity index (χ3n) is 5.50. The van der Waals surface area contributed by atoms with Gasteiger partial charge in [0.1, 0.15) is 12.4 Å². The summed E-state index contributed by atoms with van der Waals surface area (Å²) in [6.45, 7) is 2.60. The smallest absolute Gasteiger partial charge is 0.268 e. The second-order valence-corrected chi connectivity index (χ2v) is 8.80. The molecular formula is C20H20N2O3S. The number of fused-ring (bicyclic) bond motifs is 4. The van der Waals surface area contributed by atoms with Gasteiger partial charge in [0.2, 0.25) is 0 Å². The molecule has 5 nitrogen and oxygen atoms in total. The molecule has 2 aliphatic rings. The quantitative estimate of drug-likeness (QED) is 0.697. The molecular weight excluding hydrogens is 348 g/mol. The molecule has 6 heteroatoms. The minimum Gasteiger partial charge on any atom is -0.492 e. The van der Waals surface area contributed by atoms with Crippen LogP contribution < -0.4 is 4.74 Å². The number of nitrogens with zero attached hydrogens (tertiary/aromatic N) is 2. The van der Waals surface area contributed by atoms with Gasteiger partial charge in [-0.1, -0.05) is 18.2 Å². The Kier molecular flexibility index (Phi) is 3.58. The fraction of sp³-hybridized carbons (Fsp3) is 0.300. The van der Waals surface area contributed by atoms with Crippen LogP contribution in [0.5, 0.6) is 5.75 Å². The fourth-order valence-electron chi connectivity index (χ4n) is 4.13. The summed E-state index contributed by atoms with van der Waals surface area (Å²) in [7, 11) is -3.61. The highest BCUT2D eigenvalue weighted by molar-refractivity contribution is 7.90. The predicted octanol–water partition coefficient (Wildman–Crippen LogP) is 3.24. The van der Waals surface area contributed by atoms with Crippen LogP contribution >= 0.6 is 0 Å². The van der Waals surface area contributed by atoms with E-state index in [-0.39, 0.29) is 0 Å². The lowest BCUT2D eigenvalue weighted by Crippen LogP contribution is -2.31. The van der Waals surface area contributed by atoms with Gasteiger partial charge < -0.3 is 4.74 Å². The minimum absolute atomic E-state index is 0.295. The van der Waals surface area contributed by atoms with Crippen molar-refractivity contribution in [2.24, 2.45) is 0 Å². The highest BCUT2D eigenvalue weighted by atomic mass is 32.2. The molecule has 0 bridgehead atoms. The molecule has 1 saturated heterocycles. The summed E-state index contributed by atoms with van der Waals surface area (Å²) in [5.74, 6) is 0.877. The van der Waals surface area contributed by atoms with Crippen molar-refractivity contribution in [3.05, 3.63) is 60.3 Å². The summed E-state index contributed by atoms with van der Waals surface area (Å²) in [5.41, 5.74) is 1.79. The largest absolute Gasteiger partial charge is 0.492 e. The lowest BCUT2D eigenvalue weighted by atomic mass is 10.1. The Morgan fingerprint density at radius 3 is 2.73 bits per heavy atom. The van der Waals surface area contributed by atoms with Crippen molar-refractivity contribution in [1.82, 2.24) is 8.87 Å². The van der Waals surface area contributed by atoms with Crippen molar-refractivity contribution in [1.29, 1.82) is 0 Å². The van der Waals surface area contributed by atoms with Gasteiger partial charge in [-0.15, -0.1) is 0 Å². The molecule has 0 unspecified atom stereocenters. The van der Waals surface area contributed by atoms with E-state index in [0.717, 1.165) is 29.8 Å². The summed E-state index contributed by atoms with van der Waals surface area (Å²) < 4.78 is 33.5. The Bertz CT molecular complexity index is 1070. The molecule has 0 amide bonds. The lowest BCUT2D eigenvalue weighted by molar-refractivity contribution is 0.189. The fourth-order valence-corrected chi connectivity index (χ4v) is 5.50. The second kappa shape index (κ2) is 5.86. The molecule has 1 aromatic heterocycles. The zero-order valence-corrected chi connectivity index (χ0v) is 15.2. The van der Waals surface area contributed by atoms with Gasteiger partial charge in [0.25, 0.3) is 10.0 Å². The number of hydrogen-bond donors (Lipinski definition) is 0. The highest BCUT2D eigenvalue weighted by Crippen LogP contribution is 2.36. The molecule has 3 aromatic rings. The molecule has 5 rings (SSSR count). The topological polar surface area (TPSA) is 51.5 Å². The Balaban J connectivity index is 1.65. The Hall–Kier alpha value is -2.31. The second-order valence-electron chi connectivity index (χ2n) is 6.98. The summed E-state index contributed by atoms with van der Waals surface area (Å²) in [5, 5.41) is 0.953. The van der Waals surface area contributed by atoms with E-state index in [1.807, 2.05) is 24.3 Å². The Labute approximate surface area is 152 Å². The molecule has 2 aliphatic heterocycles. The van der Waals surface area contributed by atoms with E-state index in [4.69, 9.17) is 4.74 Å². The van der Waals surface area contributed by atoms with Crippen molar-refractivity contribution in [2.75, 3.05) is 13.2 Å². The number of rotatable bonds is 2. The maximum absolute atomic E-state index is 13.0. The number of ether oxygens (including phenoxy) is 1. The average molecular weight is 368 g/mol. The first-order valence-electron chi connectivity index (χ1n) is 8.95. The standard InChI is InChI=1S/C20H20N2O3S/c23-26(24,16-6-2-1-3-7-16)22-12-10-17-18-13-21-11-4-5-15(21)14-25-20(18)9-8-19(17)22/h1-3,6-10,12,15H,4-5,11,13-14H2/t15-/m1/s1. The molecule has 0 spiro atoms. The first-order chi connectivity index (χ1) is 12.6. The molecule has 3 heterocycles. The van der Waals surface area contributed by atoms with Crippen LogP contribution in [-0.2, 0) is 16.6 Å². The van der Waals surface area contributed by atoms with Crippen molar-refractivity contribution >= 4 is 20.9 Å². The third-order valence-corrected chi connectivity index (χ3v) is 7.20. The van der Waals surface area contributed by atoms with Gasteiger partial charge in [-0.3, -0.25) is 4.90 Å². The summed E-state index contributed by atoms with van der Waals surface area (Å²) in [4.78, 5) is 2.75. The van der Waals surface area contributed by atoms with Gasteiger partial charge in [0, 0.05) is 29.7 Å². The third kappa shape index (κ3) is 2.36. The van der Waals surface area contributed by atoms with Crippen molar-refractivity contribution in [3.63, 3.8) is 0 Å². The molecule has 134 valence electrons. The predicted molar refractivity (Wildman–Crippen MR) is 99.9 cm³/mol. The van der Waals surface area contributed by atoms with Crippen molar-refractivity contribution in [2.45, 2.75) is 30.3 Å². The summed E-state index contributed by atoms with van der Waals surface area (Å²) >= 11 is 0. The van der Waals surface area contributed by atoms with Gasteiger partial charge in [-0.2, -0.15) is 0 Å². The van der Waals surface area contributed by atoms with Crippen molar-refractivity contribution < 1.29 is 13.2 Å². The van der Waals surface area contributed by atoms with Crippen LogP contribution in [-0.4, -0.2) is 36.5 Å². The van der Waals surface area contributed by atoms with Gasteiger partial charge >= 0.3 is 0 Å². The van der Waals surface area contributed by atoms with E-state index >= 15 is 0 Å². The normalized spacial score (nSPS) is 20.4. The van der Waals surface area contributed by atoms with Crippen LogP contribution in [0.2, 0.25) is 0 Å². The van der Waals surface area contributed by atoms with E-state index in [2.05, 4.69) is 4.90 Å². The first-order valence-corrected chi connectivity index (χ1v) is 10.4. The molecule has 0 saturated carbocycles. The molecule has 1 fully saturated rings. The average Bonchev–Trinajstić information content (AvgIpc) is 3.25. The maximum atomic E-state index is 13.0. The molecule has 0 aliphatic carbocycles. The molecule has 0 radical (unpaired) electrons. The van der Waals surface area contributed by atoms with E-state index in [1.165, 1.54) is 16.8 Å². The number of benzene rings is 2. The molecule has 1 atom stereocenters. The number of hydrogen-bond acceptors (Lipinski definition) is 4. The van der Waals surface area contributed by atoms with Crippen LogP contribution in [0.4, 0.5) is 0 Å². The van der Waals surface area contributed by atoms with Gasteiger partial charge in [-0.25, -0.2) is 12.4 Å². The van der Waals surface area contributed by atoms with Crippen LogP contribution in [0.15, 0.2) is 59.6 Å². The highest BCUT2D eigenvalue weighted by Gasteiger charge is 2.30. The molecule has 0 N–H and O–H groups in total. The first kappa shape index (κ1) is 15.9. The molecule has 2 aromatic carbocycles. The van der Waals surface area contributed by atoms with E-state index in [9.17, 15) is 8.42 Å². The van der Waals surface area contributed by atoms with Crippen LogP contribution in [0, 0.1) is 0 Å². The number of aromatic nitrogens is 1. The van der Waals surface area contributed by atoms with Crippen LogP contribution in [0.25, 0.3) is 10.9 Å². The summed E-state index contributed by atoms with van der Waals surface area (Å²) in [6, 6.07) is 14.7. The SMILES string of the molecule is O=S(=O)(c1ccccc1)n1ccc2c3c(ccc21)OC[C@H]1CCCN1C3. The van der Waals surface area contributed by atoms with Gasteiger partial charge in [0.15, 0.2) is 0 Å². The zero-order valence-electron chi connectivity index (χ0n) is 14.3. The summed E-state index contributed by atoms with van der Waals surface area (Å²) in [6.07, 6.45) is 4.02. The van der Waals surface area contributed by atoms with Crippen molar-refractivity contribution in [3.8, 4) is 5.75 Å². The van der Waals surface area contributed by atoms with Gasteiger partial charge in [-0.05, 0) is 49.7 Å². The van der Waals surface area contributed by atoms with E-state index in [1.54, 1.807) is 30.5 Å². The molecule has 26 heavy (non-hydrogen) atoms. The maximum Gasteiger partial charge on any atom is 0.268 e. The lowest BCUT2D eigenvalue weighted by Gasteiger charge is -2.20. The Morgan fingerprint density at radius 1 is 1.04 bits per heavy atom. The van der Waals surface area contributed by atoms with E-state index in [0.29, 0.717) is 23.1 Å².